The van der Waals surface area contributed by atoms with Gasteiger partial charge in [-0.05, 0) is 25.1 Å². The molecular formula is C18H13F2NO3. The van der Waals surface area contributed by atoms with Crippen LogP contribution in [0.2, 0.25) is 0 Å². The second kappa shape index (κ2) is 6.23. The first-order valence-electron chi connectivity index (χ1n) is 7.24. The van der Waals surface area contributed by atoms with Gasteiger partial charge in [0.2, 0.25) is 0 Å². The number of benzene rings is 2. The second-order valence-electron chi connectivity index (χ2n) is 5.35. The molecule has 0 aliphatic heterocycles. The third-order valence-corrected chi connectivity index (χ3v) is 3.66. The van der Waals surface area contributed by atoms with E-state index in [1.165, 1.54) is 19.1 Å². The van der Waals surface area contributed by atoms with E-state index < -0.39 is 29.2 Å². The predicted octanol–water partition coefficient (Wildman–Crippen LogP) is 3.56. The highest BCUT2D eigenvalue weighted by Gasteiger charge is 2.18. The fourth-order valence-electron chi connectivity index (χ4n) is 2.43. The maximum atomic E-state index is 13.8. The molecule has 0 fully saturated rings. The lowest BCUT2D eigenvalue weighted by Gasteiger charge is -2.15. The highest BCUT2D eigenvalue weighted by Crippen LogP contribution is 2.18. The molecule has 0 aliphatic carbocycles. The average molecular weight is 329 g/mol. The number of rotatable bonds is 3. The van der Waals surface area contributed by atoms with Crippen LogP contribution in [0, 0.1) is 11.6 Å². The number of hydrogen-bond acceptors (Lipinski definition) is 3. The Balaban J connectivity index is 1.89. The van der Waals surface area contributed by atoms with Gasteiger partial charge in [-0.3, -0.25) is 4.79 Å². The summed E-state index contributed by atoms with van der Waals surface area (Å²) >= 11 is 0. The molecular weight excluding hydrogens is 316 g/mol. The summed E-state index contributed by atoms with van der Waals surface area (Å²) in [6.07, 6.45) is 0. The fourth-order valence-corrected chi connectivity index (χ4v) is 2.43. The number of halogens is 2. The maximum Gasteiger partial charge on any atom is 0.349 e. The number of para-hydroxylation sites is 1. The van der Waals surface area contributed by atoms with Crippen LogP contribution in [0.3, 0.4) is 0 Å². The standard InChI is InChI=1S/C18H13F2NO3/c1-10(13-7-6-12(19)9-15(13)20)21-17(22)14-8-11-4-2-3-5-16(11)24-18(14)23/h2-10H,1H3,(H,21,22)/t10-/m1/s1. The zero-order chi connectivity index (χ0) is 17.3. The Morgan fingerprint density at radius 3 is 2.62 bits per heavy atom. The van der Waals surface area contributed by atoms with Gasteiger partial charge in [-0.25, -0.2) is 13.6 Å². The van der Waals surface area contributed by atoms with Crippen LogP contribution in [0.5, 0.6) is 0 Å². The highest BCUT2D eigenvalue weighted by molar-refractivity contribution is 5.96. The summed E-state index contributed by atoms with van der Waals surface area (Å²) in [5.41, 5.74) is -0.465. The minimum atomic E-state index is -0.780. The summed E-state index contributed by atoms with van der Waals surface area (Å²) < 4.78 is 31.8. The Labute approximate surface area is 135 Å². The van der Waals surface area contributed by atoms with Crippen molar-refractivity contribution >= 4 is 16.9 Å². The van der Waals surface area contributed by atoms with Crippen molar-refractivity contribution in [3.63, 3.8) is 0 Å². The van der Waals surface area contributed by atoms with Gasteiger partial charge in [0, 0.05) is 17.0 Å². The number of amides is 1. The van der Waals surface area contributed by atoms with E-state index >= 15 is 0 Å². The minimum Gasteiger partial charge on any atom is -0.422 e. The molecule has 3 rings (SSSR count). The molecule has 4 nitrogen and oxygen atoms in total. The van der Waals surface area contributed by atoms with Crippen molar-refractivity contribution in [3.05, 3.63) is 81.7 Å². The van der Waals surface area contributed by atoms with Crippen LogP contribution < -0.4 is 10.9 Å². The largest absolute Gasteiger partial charge is 0.422 e. The van der Waals surface area contributed by atoms with Crippen molar-refractivity contribution < 1.29 is 18.0 Å². The first kappa shape index (κ1) is 15.9. The van der Waals surface area contributed by atoms with Gasteiger partial charge < -0.3 is 9.73 Å². The molecule has 6 heteroatoms. The van der Waals surface area contributed by atoms with E-state index in [4.69, 9.17) is 4.42 Å². The zero-order valence-corrected chi connectivity index (χ0v) is 12.7. The van der Waals surface area contributed by atoms with E-state index in [9.17, 15) is 18.4 Å². The molecule has 122 valence electrons. The number of nitrogens with one attached hydrogen (secondary N) is 1. The van der Waals surface area contributed by atoms with Crippen molar-refractivity contribution in [2.24, 2.45) is 0 Å². The monoisotopic (exact) mass is 329 g/mol. The van der Waals surface area contributed by atoms with Crippen LogP contribution in [-0.2, 0) is 0 Å². The summed E-state index contributed by atoms with van der Waals surface area (Å²) in [5, 5.41) is 3.12. The molecule has 0 radical (unpaired) electrons. The Morgan fingerprint density at radius 1 is 1.12 bits per heavy atom. The van der Waals surface area contributed by atoms with E-state index in [2.05, 4.69) is 5.32 Å². The third kappa shape index (κ3) is 3.03. The van der Waals surface area contributed by atoms with Crippen molar-refractivity contribution in [1.29, 1.82) is 0 Å². The molecule has 0 unspecified atom stereocenters. The van der Waals surface area contributed by atoms with Crippen LogP contribution in [0.1, 0.15) is 28.9 Å². The van der Waals surface area contributed by atoms with Crippen LogP contribution in [0.4, 0.5) is 8.78 Å². The van der Waals surface area contributed by atoms with Gasteiger partial charge in [-0.1, -0.05) is 24.3 Å². The minimum absolute atomic E-state index is 0.120. The van der Waals surface area contributed by atoms with Crippen molar-refractivity contribution in [2.75, 3.05) is 0 Å². The van der Waals surface area contributed by atoms with Crippen molar-refractivity contribution in [2.45, 2.75) is 13.0 Å². The Kier molecular flexibility index (Phi) is 4.12. The van der Waals surface area contributed by atoms with Gasteiger partial charge >= 0.3 is 5.63 Å². The molecule has 3 aromatic rings. The first-order valence-corrected chi connectivity index (χ1v) is 7.24. The van der Waals surface area contributed by atoms with Crippen molar-refractivity contribution in [3.8, 4) is 0 Å². The topological polar surface area (TPSA) is 59.3 Å². The van der Waals surface area contributed by atoms with Crippen molar-refractivity contribution in [1.82, 2.24) is 5.32 Å². The SMILES string of the molecule is C[C@@H](NC(=O)c1cc2ccccc2oc1=O)c1ccc(F)cc1F. The number of hydrogen-bond donors (Lipinski definition) is 1. The summed E-state index contributed by atoms with van der Waals surface area (Å²) in [6, 6.07) is 10.6. The highest BCUT2D eigenvalue weighted by atomic mass is 19.1. The summed E-state index contributed by atoms with van der Waals surface area (Å²) in [7, 11) is 0. The quantitative estimate of drug-likeness (QED) is 0.748. The van der Waals surface area contributed by atoms with Gasteiger partial charge in [0.05, 0.1) is 6.04 Å². The Bertz CT molecular complexity index is 981. The van der Waals surface area contributed by atoms with Crippen LogP contribution >= 0.6 is 0 Å². The Morgan fingerprint density at radius 2 is 1.88 bits per heavy atom. The molecule has 0 aliphatic rings. The molecule has 0 saturated heterocycles. The van der Waals surface area contributed by atoms with E-state index in [0.717, 1.165) is 12.1 Å². The maximum absolute atomic E-state index is 13.8. The molecule has 0 saturated carbocycles. The molecule has 1 amide bonds. The lowest BCUT2D eigenvalue weighted by atomic mass is 10.1. The molecule has 1 atom stereocenters. The van der Waals surface area contributed by atoms with Crippen LogP contribution in [0.25, 0.3) is 11.0 Å². The summed E-state index contributed by atoms with van der Waals surface area (Å²) in [6.45, 7) is 1.54. The number of carbonyl (C=O) groups excluding carboxylic acids is 1. The zero-order valence-electron chi connectivity index (χ0n) is 12.7. The number of fused-ring (bicyclic) bond motifs is 1. The summed E-state index contributed by atoms with van der Waals surface area (Å²) in [4.78, 5) is 24.3. The first-order chi connectivity index (χ1) is 11.5. The van der Waals surface area contributed by atoms with Crippen LogP contribution in [0.15, 0.2) is 57.7 Å². The van der Waals surface area contributed by atoms with E-state index in [1.54, 1.807) is 24.3 Å². The van der Waals surface area contributed by atoms with Gasteiger partial charge in [0.25, 0.3) is 5.91 Å². The molecule has 24 heavy (non-hydrogen) atoms. The van der Waals surface area contributed by atoms with Gasteiger partial charge in [0.1, 0.15) is 22.8 Å². The summed E-state index contributed by atoms with van der Waals surface area (Å²) in [5.74, 6) is -2.16. The molecule has 0 spiro atoms. The van der Waals surface area contributed by atoms with E-state index in [0.29, 0.717) is 11.0 Å². The molecule has 1 aromatic heterocycles. The normalized spacial score (nSPS) is 12.1. The molecule has 1 heterocycles. The van der Waals surface area contributed by atoms with Gasteiger partial charge in [-0.2, -0.15) is 0 Å². The Hall–Kier alpha value is -3.02. The smallest absolute Gasteiger partial charge is 0.349 e. The van der Waals surface area contributed by atoms with Gasteiger partial charge in [0.15, 0.2) is 0 Å². The van der Waals surface area contributed by atoms with E-state index in [-0.39, 0.29) is 11.1 Å². The average Bonchev–Trinajstić information content (AvgIpc) is 2.53. The molecule has 1 N–H and O–H groups in total. The third-order valence-electron chi connectivity index (χ3n) is 3.66. The molecule has 2 aromatic carbocycles. The lowest BCUT2D eigenvalue weighted by Crippen LogP contribution is -2.31. The lowest BCUT2D eigenvalue weighted by molar-refractivity contribution is 0.0936. The van der Waals surface area contributed by atoms with Crippen LogP contribution in [-0.4, -0.2) is 5.91 Å². The van der Waals surface area contributed by atoms with Gasteiger partial charge in [-0.15, -0.1) is 0 Å². The number of carbonyl (C=O) groups is 1. The molecule has 0 bridgehead atoms. The second-order valence-corrected chi connectivity index (χ2v) is 5.35. The van der Waals surface area contributed by atoms with E-state index in [1.807, 2.05) is 0 Å². The predicted molar refractivity (Wildman–Crippen MR) is 84.7 cm³/mol. The fraction of sp³-hybridized carbons (Fsp3) is 0.111.